The van der Waals surface area contributed by atoms with Crippen molar-refractivity contribution in [2.45, 2.75) is 70.9 Å². The van der Waals surface area contributed by atoms with Crippen LogP contribution in [0.1, 0.15) is 70.7 Å². The first-order valence-corrected chi connectivity index (χ1v) is 8.32. The Kier molecular flexibility index (Phi) is 4.98. The molecule has 134 valence electrons. The number of hydrogen-bond donors (Lipinski definition) is 2. The zero-order valence-corrected chi connectivity index (χ0v) is 15.7. The number of benzene rings is 1. The van der Waals surface area contributed by atoms with Crippen LogP contribution < -0.4 is 5.48 Å². The molecule has 1 aliphatic heterocycles. The molecule has 1 fully saturated rings. The summed E-state index contributed by atoms with van der Waals surface area (Å²) in [5.41, 5.74) is 5.35. The molecule has 0 spiro atoms. The molecule has 0 saturated carbocycles. The van der Waals surface area contributed by atoms with E-state index in [1.165, 1.54) is 7.11 Å². The van der Waals surface area contributed by atoms with Crippen molar-refractivity contribution >= 4 is 5.97 Å². The zero-order valence-electron chi connectivity index (χ0n) is 15.7. The van der Waals surface area contributed by atoms with Gasteiger partial charge in [-0.25, -0.2) is 4.79 Å². The maximum absolute atomic E-state index is 11.7. The molecular weight excluding hydrogens is 306 g/mol. The lowest BCUT2D eigenvalue weighted by molar-refractivity contribution is -0.154. The summed E-state index contributed by atoms with van der Waals surface area (Å²) in [5, 5.41) is 10.8. The number of esters is 1. The molecule has 24 heavy (non-hydrogen) atoms. The maximum Gasteiger partial charge on any atom is 0.337 e. The molecule has 5 heteroatoms. The number of nitrogens with one attached hydrogen (secondary N) is 1. The van der Waals surface area contributed by atoms with Gasteiger partial charge < -0.3 is 9.84 Å². The van der Waals surface area contributed by atoms with Gasteiger partial charge in [-0.15, -0.1) is 0 Å². The lowest BCUT2D eigenvalue weighted by Crippen LogP contribution is -2.22. The topological polar surface area (TPSA) is 67.8 Å². The summed E-state index contributed by atoms with van der Waals surface area (Å²) in [7, 11) is 1.36. The van der Waals surface area contributed by atoms with Gasteiger partial charge in [-0.05, 0) is 39.7 Å². The van der Waals surface area contributed by atoms with E-state index < -0.39 is 6.10 Å². The number of hydroxylamine groups is 1. The van der Waals surface area contributed by atoms with E-state index in [0.717, 1.165) is 16.7 Å². The molecule has 0 radical (unpaired) electrons. The van der Waals surface area contributed by atoms with Gasteiger partial charge in [0.25, 0.3) is 0 Å². The minimum absolute atomic E-state index is 0.114. The highest BCUT2D eigenvalue weighted by Crippen LogP contribution is 2.42. The number of carbonyl (C=O) groups excluding carboxylic acids is 1. The van der Waals surface area contributed by atoms with Crippen LogP contribution in [-0.4, -0.2) is 24.3 Å². The highest BCUT2D eigenvalue weighted by Gasteiger charge is 2.35. The first-order valence-electron chi connectivity index (χ1n) is 8.32. The Morgan fingerprint density at radius 1 is 1.17 bits per heavy atom. The van der Waals surface area contributed by atoms with Gasteiger partial charge in [0.1, 0.15) is 5.75 Å². The number of ether oxygens (including phenoxy) is 1. The Morgan fingerprint density at radius 2 is 1.67 bits per heavy atom. The van der Waals surface area contributed by atoms with Crippen LogP contribution in [0.15, 0.2) is 12.1 Å². The molecule has 1 aromatic rings. The number of phenolic OH excluding ortho intramolecular Hbond substituents is 1. The van der Waals surface area contributed by atoms with E-state index in [0.29, 0.717) is 12.2 Å². The average molecular weight is 335 g/mol. The number of carbonyl (C=O) groups is 1. The number of hydrogen-bond acceptors (Lipinski definition) is 5. The highest BCUT2D eigenvalue weighted by molar-refractivity contribution is 5.74. The molecule has 2 rings (SSSR count). The zero-order chi connectivity index (χ0) is 18.3. The first kappa shape index (κ1) is 18.7. The van der Waals surface area contributed by atoms with Crippen LogP contribution in [0, 0.1) is 0 Å². The van der Waals surface area contributed by atoms with Gasteiger partial charge in [0.2, 0.25) is 0 Å². The third kappa shape index (κ3) is 3.73. The second-order valence-electron chi connectivity index (χ2n) is 8.50. The molecule has 1 aromatic carbocycles. The predicted octanol–water partition coefficient (Wildman–Crippen LogP) is 3.49. The summed E-state index contributed by atoms with van der Waals surface area (Å²) in [6.07, 6.45) is -0.102. The van der Waals surface area contributed by atoms with Crippen molar-refractivity contribution in [3.8, 4) is 5.75 Å². The van der Waals surface area contributed by atoms with Crippen molar-refractivity contribution in [1.82, 2.24) is 5.48 Å². The Bertz CT molecular complexity index is 590. The van der Waals surface area contributed by atoms with Gasteiger partial charge in [0.15, 0.2) is 6.10 Å². The molecule has 0 aliphatic carbocycles. The van der Waals surface area contributed by atoms with Gasteiger partial charge in [-0.1, -0.05) is 41.5 Å². The van der Waals surface area contributed by atoms with Gasteiger partial charge in [0.05, 0.1) is 13.2 Å². The average Bonchev–Trinajstić information content (AvgIpc) is 2.94. The molecule has 0 amide bonds. The third-order valence-electron chi connectivity index (χ3n) is 4.42. The van der Waals surface area contributed by atoms with E-state index in [9.17, 15) is 9.90 Å². The Hall–Kier alpha value is -1.59. The summed E-state index contributed by atoms with van der Waals surface area (Å²) in [5.74, 6) is -0.0296. The summed E-state index contributed by atoms with van der Waals surface area (Å²) in [6, 6.07) is 3.90. The summed E-state index contributed by atoms with van der Waals surface area (Å²) in [6.45, 7) is 12.5. The van der Waals surface area contributed by atoms with Crippen molar-refractivity contribution in [1.29, 1.82) is 0 Å². The molecular formula is C19H29NO4. The summed E-state index contributed by atoms with van der Waals surface area (Å²) in [4.78, 5) is 17.0. The normalized spacial score (nSPS) is 21.8. The van der Waals surface area contributed by atoms with E-state index in [-0.39, 0.29) is 22.8 Å². The van der Waals surface area contributed by atoms with Crippen LogP contribution >= 0.6 is 0 Å². The largest absolute Gasteiger partial charge is 0.507 e. The standard InChI is InChI=1S/C19H29NO4/c1-18(2,3)12-8-11(9-13(16(12)21)19(4,5)6)14-10-15(24-20-14)17(22)23-7/h8-9,14-15,20-21H,10H2,1-7H3/t14-,15-/m1/s1. The molecule has 0 unspecified atom stereocenters. The smallest absolute Gasteiger partial charge is 0.337 e. The number of aromatic hydroxyl groups is 1. The lowest BCUT2D eigenvalue weighted by Gasteiger charge is -2.29. The highest BCUT2D eigenvalue weighted by atomic mass is 16.7. The van der Waals surface area contributed by atoms with Crippen LogP contribution in [0.5, 0.6) is 5.75 Å². The molecule has 2 atom stereocenters. The molecule has 1 saturated heterocycles. The maximum atomic E-state index is 11.7. The van der Waals surface area contributed by atoms with Gasteiger partial charge in [0, 0.05) is 6.42 Å². The molecule has 0 bridgehead atoms. The SMILES string of the molecule is COC(=O)[C@H]1C[C@H](c2cc(C(C)(C)C)c(O)c(C(C)(C)C)c2)NO1. The molecule has 2 N–H and O–H groups in total. The molecule has 1 heterocycles. The fraction of sp³-hybridized carbons (Fsp3) is 0.632. The van der Waals surface area contributed by atoms with Crippen molar-refractivity contribution in [2.24, 2.45) is 0 Å². The number of methoxy groups -OCH3 is 1. The van der Waals surface area contributed by atoms with Crippen molar-refractivity contribution < 1.29 is 19.5 Å². The summed E-state index contributed by atoms with van der Waals surface area (Å²) < 4.78 is 4.75. The fourth-order valence-electron chi connectivity index (χ4n) is 2.96. The molecule has 5 nitrogen and oxygen atoms in total. The van der Waals surface area contributed by atoms with Crippen LogP contribution in [0.3, 0.4) is 0 Å². The second-order valence-corrected chi connectivity index (χ2v) is 8.50. The predicted molar refractivity (Wildman–Crippen MR) is 92.9 cm³/mol. The first-order chi connectivity index (χ1) is 10.9. The Morgan fingerprint density at radius 3 is 2.08 bits per heavy atom. The van der Waals surface area contributed by atoms with Crippen LogP contribution in [0.25, 0.3) is 0 Å². The van der Waals surface area contributed by atoms with E-state index in [1.54, 1.807) is 0 Å². The van der Waals surface area contributed by atoms with E-state index in [4.69, 9.17) is 9.57 Å². The van der Waals surface area contributed by atoms with Crippen molar-refractivity contribution in [3.63, 3.8) is 0 Å². The lowest BCUT2D eigenvalue weighted by atomic mass is 9.77. The van der Waals surface area contributed by atoms with Crippen molar-refractivity contribution in [3.05, 3.63) is 28.8 Å². The Labute approximate surface area is 144 Å². The van der Waals surface area contributed by atoms with Crippen molar-refractivity contribution in [2.75, 3.05) is 7.11 Å². The second kappa shape index (κ2) is 6.37. The Balaban J connectivity index is 2.46. The minimum Gasteiger partial charge on any atom is -0.507 e. The minimum atomic E-state index is -0.607. The van der Waals surface area contributed by atoms with Gasteiger partial charge in [-0.3, -0.25) is 4.84 Å². The quantitative estimate of drug-likeness (QED) is 0.810. The monoisotopic (exact) mass is 335 g/mol. The van der Waals surface area contributed by atoms with E-state index in [1.807, 2.05) is 12.1 Å². The van der Waals surface area contributed by atoms with Crippen LogP contribution in [0.4, 0.5) is 0 Å². The number of phenols is 1. The van der Waals surface area contributed by atoms with Gasteiger partial charge >= 0.3 is 5.97 Å². The van der Waals surface area contributed by atoms with E-state index in [2.05, 4.69) is 47.0 Å². The molecule has 0 aromatic heterocycles. The van der Waals surface area contributed by atoms with Crippen LogP contribution in [-0.2, 0) is 25.2 Å². The van der Waals surface area contributed by atoms with E-state index >= 15 is 0 Å². The number of rotatable bonds is 2. The fourth-order valence-corrected chi connectivity index (χ4v) is 2.96. The molecule has 1 aliphatic rings. The van der Waals surface area contributed by atoms with Crippen LogP contribution in [0.2, 0.25) is 0 Å². The summed E-state index contributed by atoms with van der Waals surface area (Å²) >= 11 is 0. The van der Waals surface area contributed by atoms with Gasteiger partial charge in [-0.2, -0.15) is 5.48 Å². The third-order valence-corrected chi connectivity index (χ3v) is 4.42.